The van der Waals surface area contributed by atoms with Gasteiger partial charge in [0.1, 0.15) is 5.52 Å². The maximum atomic E-state index is 11.9. The fraction of sp³-hybridized carbons (Fsp3) is 0.522. The molecule has 3 aromatic heterocycles. The van der Waals surface area contributed by atoms with Crippen molar-refractivity contribution in [1.82, 2.24) is 23.8 Å². The molecule has 32 heavy (non-hydrogen) atoms. The quantitative estimate of drug-likeness (QED) is 0.504. The van der Waals surface area contributed by atoms with E-state index in [1.165, 1.54) is 10.6 Å². The van der Waals surface area contributed by atoms with E-state index in [0.29, 0.717) is 18.3 Å². The second-order valence-corrected chi connectivity index (χ2v) is 10.7. The van der Waals surface area contributed by atoms with Gasteiger partial charge in [-0.05, 0) is 43.9 Å². The van der Waals surface area contributed by atoms with E-state index >= 15 is 0 Å². The Morgan fingerprint density at radius 1 is 1.16 bits per heavy atom. The minimum atomic E-state index is -3.27. The third kappa shape index (κ3) is 4.63. The van der Waals surface area contributed by atoms with Crippen LogP contribution in [0, 0.1) is 13.8 Å². The van der Waals surface area contributed by atoms with Gasteiger partial charge in [0.05, 0.1) is 30.3 Å². The first kappa shape index (κ1) is 24.1. The lowest BCUT2D eigenvalue weighted by molar-refractivity contribution is 0.375. The van der Waals surface area contributed by atoms with Crippen molar-refractivity contribution in [3.63, 3.8) is 0 Å². The molecular formula is C23H33N5O3S. The number of methoxy groups -OCH3 is 1. The maximum Gasteiger partial charge on any atom is 0.222 e. The highest BCUT2D eigenvalue weighted by molar-refractivity contribution is 7.88. The first-order valence-corrected chi connectivity index (χ1v) is 12.6. The average Bonchev–Trinajstić information content (AvgIpc) is 3.05. The fourth-order valence-electron chi connectivity index (χ4n) is 3.77. The van der Waals surface area contributed by atoms with Crippen molar-refractivity contribution in [3.8, 4) is 17.1 Å². The summed E-state index contributed by atoms with van der Waals surface area (Å²) in [5.74, 6) is 0.825. The molecule has 0 amide bonds. The smallest absolute Gasteiger partial charge is 0.222 e. The van der Waals surface area contributed by atoms with Crippen molar-refractivity contribution < 1.29 is 13.2 Å². The fourth-order valence-corrected chi connectivity index (χ4v) is 4.22. The normalized spacial score (nSPS) is 13.3. The summed E-state index contributed by atoms with van der Waals surface area (Å²) in [6.45, 7) is 10.5. The summed E-state index contributed by atoms with van der Waals surface area (Å²) >= 11 is 0. The SMILES string of the molecule is CCC(CN(C)S(C)(=O)=O)n1cc(C)c2nc(-c3ccc(C(C)C)nc3OC)c(C)nc21. The molecule has 1 atom stereocenters. The van der Waals surface area contributed by atoms with Gasteiger partial charge >= 0.3 is 0 Å². The summed E-state index contributed by atoms with van der Waals surface area (Å²) < 4.78 is 32.9. The standard InChI is InChI=1S/C23H33N5O3S/c1-9-17(13-27(6)32(8,29)30)28-12-15(4)20-22(28)24-16(5)21(26-20)18-10-11-19(14(2)3)25-23(18)31-7/h10-12,14,17H,9,13H2,1-8H3. The second-order valence-electron chi connectivity index (χ2n) is 8.60. The molecular weight excluding hydrogens is 426 g/mol. The van der Waals surface area contributed by atoms with Crippen LogP contribution in [0.2, 0.25) is 0 Å². The van der Waals surface area contributed by atoms with Crippen LogP contribution in [0.25, 0.3) is 22.4 Å². The molecule has 0 bridgehead atoms. The summed E-state index contributed by atoms with van der Waals surface area (Å²) in [6.07, 6.45) is 4.00. The molecule has 0 spiro atoms. The largest absolute Gasteiger partial charge is 0.480 e. The molecule has 3 heterocycles. The molecule has 174 valence electrons. The Morgan fingerprint density at radius 3 is 2.41 bits per heavy atom. The summed E-state index contributed by atoms with van der Waals surface area (Å²) in [6, 6.07) is 3.94. The topological polar surface area (TPSA) is 90.2 Å². The molecule has 0 aliphatic rings. The monoisotopic (exact) mass is 459 g/mol. The van der Waals surface area contributed by atoms with Gasteiger partial charge in [-0.15, -0.1) is 0 Å². The van der Waals surface area contributed by atoms with Gasteiger partial charge in [-0.25, -0.2) is 27.7 Å². The molecule has 9 heteroatoms. The van der Waals surface area contributed by atoms with Crippen LogP contribution in [0.15, 0.2) is 18.3 Å². The number of rotatable bonds is 8. The molecule has 8 nitrogen and oxygen atoms in total. The second kappa shape index (κ2) is 9.15. The van der Waals surface area contributed by atoms with Crippen molar-refractivity contribution >= 4 is 21.2 Å². The lowest BCUT2D eigenvalue weighted by Crippen LogP contribution is -2.32. The van der Waals surface area contributed by atoms with Crippen LogP contribution in [0.1, 0.15) is 56.1 Å². The van der Waals surface area contributed by atoms with Crippen LogP contribution >= 0.6 is 0 Å². The Morgan fingerprint density at radius 2 is 1.84 bits per heavy atom. The van der Waals surface area contributed by atoms with Crippen LogP contribution in [0.3, 0.4) is 0 Å². The number of nitrogens with zero attached hydrogens (tertiary/aromatic N) is 5. The van der Waals surface area contributed by atoms with Crippen LogP contribution in [-0.4, -0.2) is 59.2 Å². The van der Waals surface area contributed by atoms with E-state index in [9.17, 15) is 8.42 Å². The molecule has 0 aromatic carbocycles. The molecule has 0 N–H and O–H groups in total. The number of likely N-dealkylation sites (N-methyl/N-ethyl adjacent to an activating group) is 1. The van der Waals surface area contributed by atoms with Gasteiger partial charge in [0, 0.05) is 31.5 Å². The number of fused-ring (bicyclic) bond motifs is 1. The predicted octanol–water partition coefficient (Wildman–Crippen LogP) is 4.08. The number of pyridine rings is 1. The summed E-state index contributed by atoms with van der Waals surface area (Å²) in [7, 11) is -0.0507. The first-order chi connectivity index (χ1) is 15.0. The van der Waals surface area contributed by atoms with E-state index in [1.54, 1.807) is 14.2 Å². The molecule has 0 aliphatic heterocycles. The van der Waals surface area contributed by atoms with Crippen molar-refractivity contribution in [3.05, 3.63) is 35.3 Å². The van der Waals surface area contributed by atoms with E-state index in [1.807, 2.05) is 43.7 Å². The number of aromatic nitrogens is 4. The molecule has 3 aromatic rings. The maximum absolute atomic E-state index is 11.9. The number of hydrogen-bond acceptors (Lipinski definition) is 6. The highest BCUT2D eigenvalue weighted by Crippen LogP contribution is 2.33. The van der Waals surface area contributed by atoms with Crippen molar-refractivity contribution in [1.29, 1.82) is 0 Å². The lowest BCUT2D eigenvalue weighted by Gasteiger charge is -2.23. The Bertz CT molecular complexity index is 1230. The van der Waals surface area contributed by atoms with E-state index in [4.69, 9.17) is 14.7 Å². The number of hydrogen-bond donors (Lipinski definition) is 0. The summed E-state index contributed by atoms with van der Waals surface area (Å²) in [4.78, 5) is 14.5. The number of sulfonamides is 1. The molecule has 1 unspecified atom stereocenters. The number of aryl methyl sites for hydroxylation is 2. The zero-order chi connectivity index (χ0) is 23.8. The molecule has 0 radical (unpaired) electrons. The van der Waals surface area contributed by atoms with Crippen molar-refractivity contribution in [2.24, 2.45) is 0 Å². The van der Waals surface area contributed by atoms with Crippen LogP contribution in [0.4, 0.5) is 0 Å². The third-order valence-electron chi connectivity index (χ3n) is 5.82. The highest BCUT2D eigenvalue weighted by atomic mass is 32.2. The highest BCUT2D eigenvalue weighted by Gasteiger charge is 2.23. The van der Waals surface area contributed by atoms with Crippen molar-refractivity contribution in [2.45, 2.75) is 53.0 Å². The molecule has 0 fully saturated rings. The van der Waals surface area contributed by atoms with Gasteiger partial charge < -0.3 is 9.30 Å². The van der Waals surface area contributed by atoms with Crippen LogP contribution in [-0.2, 0) is 10.0 Å². The van der Waals surface area contributed by atoms with Crippen LogP contribution < -0.4 is 4.74 Å². The van der Waals surface area contributed by atoms with Gasteiger partial charge in [-0.2, -0.15) is 0 Å². The molecule has 0 aliphatic carbocycles. The van der Waals surface area contributed by atoms with Gasteiger partial charge in [-0.1, -0.05) is 20.8 Å². The van der Waals surface area contributed by atoms with Gasteiger partial charge in [-0.3, -0.25) is 0 Å². The zero-order valence-electron chi connectivity index (χ0n) is 20.2. The minimum Gasteiger partial charge on any atom is -0.480 e. The lowest BCUT2D eigenvalue weighted by atomic mass is 10.1. The Hall–Kier alpha value is -2.52. The van der Waals surface area contributed by atoms with E-state index < -0.39 is 10.0 Å². The van der Waals surface area contributed by atoms with Gasteiger partial charge in [0.2, 0.25) is 15.9 Å². The Kier molecular flexibility index (Phi) is 6.90. The zero-order valence-corrected chi connectivity index (χ0v) is 21.0. The molecule has 3 rings (SSSR count). The predicted molar refractivity (Wildman–Crippen MR) is 128 cm³/mol. The first-order valence-electron chi connectivity index (χ1n) is 10.8. The summed E-state index contributed by atoms with van der Waals surface area (Å²) in [5, 5.41) is 0. The third-order valence-corrected chi connectivity index (χ3v) is 7.10. The van der Waals surface area contributed by atoms with Gasteiger partial charge in [0.15, 0.2) is 5.65 Å². The minimum absolute atomic E-state index is 0.0491. The van der Waals surface area contributed by atoms with E-state index in [-0.39, 0.29) is 6.04 Å². The van der Waals surface area contributed by atoms with Crippen molar-refractivity contribution in [2.75, 3.05) is 27.0 Å². The van der Waals surface area contributed by atoms with Gasteiger partial charge in [0.25, 0.3) is 0 Å². The summed E-state index contributed by atoms with van der Waals surface area (Å²) in [5.41, 5.74) is 5.80. The van der Waals surface area contributed by atoms with E-state index in [0.717, 1.165) is 45.8 Å². The molecule has 0 saturated carbocycles. The van der Waals surface area contributed by atoms with Crippen LogP contribution in [0.5, 0.6) is 5.88 Å². The average molecular weight is 460 g/mol. The van der Waals surface area contributed by atoms with E-state index in [2.05, 4.69) is 18.8 Å². The number of ether oxygens (including phenoxy) is 1. The molecule has 0 saturated heterocycles. The Labute approximate surface area is 190 Å². The Balaban J connectivity index is 2.12.